The number of para-hydroxylation sites is 1. The summed E-state index contributed by atoms with van der Waals surface area (Å²) in [5.41, 5.74) is 2.74. The highest BCUT2D eigenvalue weighted by Gasteiger charge is 2.24. The van der Waals surface area contributed by atoms with Crippen LogP contribution in [0.25, 0.3) is 0 Å². The Morgan fingerprint density at radius 3 is 2.45 bits per heavy atom. The van der Waals surface area contributed by atoms with Crippen molar-refractivity contribution in [1.29, 1.82) is 0 Å². The molecule has 172 valence electrons. The van der Waals surface area contributed by atoms with E-state index < -0.39 is 0 Å². The first-order chi connectivity index (χ1) is 16.1. The van der Waals surface area contributed by atoms with Crippen molar-refractivity contribution >= 4 is 17.5 Å². The minimum atomic E-state index is -0.185. The Bertz CT molecular complexity index is 1060. The largest absolute Gasteiger partial charge is 0.497 e. The van der Waals surface area contributed by atoms with Crippen LogP contribution in [0.4, 0.5) is 5.69 Å². The highest BCUT2D eigenvalue weighted by atomic mass is 16.5. The zero-order valence-electron chi connectivity index (χ0n) is 18.8. The number of carbonyl (C=O) groups excluding carboxylic acids is 2. The minimum Gasteiger partial charge on any atom is -0.497 e. The molecule has 1 fully saturated rings. The van der Waals surface area contributed by atoms with Crippen molar-refractivity contribution in [3.8, 4) is 5.75 Å². The Hall–Kier alpha value is -3.74. The van der Waals surface area contributed by atoms with E-state index in [2.05, 4.69) is 15.5 Å². The first-order valence-electron chi connectivity index (χ1n) is 11.2. The number of nitrogens with zero attached hydrogens (tertiary/aromatic N) is 1. The van der Waals surface area contributed by atoms with Gasteiger partial charge in [-0.15, -0.1) is 0 Å². The van der Waals surface area contributed by atoms with Gasteiger partial charge in [-0.05, 0) is 61.2 Å². The van der Waals surface area contributed by atoms with Gasteiger partial charge in [-0.25, -0.2) is 0 Å². The minimum absolute atomic E-state index is 0.0765. The molecule has 0 radical (unpaired) electrons. The number of furan rings is 1. The number of nitrogens with one attached hydrogen (secondary N) is 2. The van der Waals surface area contributed by atoms with Crippen LogP contribution in [-0.4, -0.2) is 44.6 Å². The fourth-order valence-electron chi connectivity index (χ4n) is 4.08. The number of amides is 2. The second-order valence-electron chi connectivity index (χ2n) is 8.08. The number of piperidine rings is 1. The van der Waals surface area contributed by atoms with Crippen molar-refractivity contribution in [1.82, 2.24) is 10.6 Å². The lowest BCUT2D eigenvalue weighted by molar-refractivity contribution is 0.0902. The van der Waals surface area contributed by atoms with Gasteiger partial charge in [-0.3, -0.25) is 9.59 Å². The average Bonchev–Trinajstić information content (AvgIpc) is 3.40. The van der Waals surface area contributed by atoms with Gasteiger partial charge in [0.1, 0.15) is 5.75 Å². The molecule has 4 rings (SSSR count). The molecule has 0 unspecified atom stereocenters. The smallest absolute Gasteiger partial charge is 0.287 e. The lowest BCUT2D eigenvalue weighted by Crippen LogP contribution is -2.45. The van der Waals surface area contributed by atoms with E-state index in [4.69, 9.17) is 9.15 Å². The molecule has 2 amide bonds. The summed E-state index contributed by atoms with van der Waals surface area (Å²) in [6.45, 7) is 2.08. The quantitative estimate of drug-likeness (QED) is 0.551. The third-order valence-electron chi connectivity index (χ3n) is 5.92. The number of ether oxygens (including phenoxy) is 1. The summed E-state index contributed by atoms with van der Waals surface area (Å²) in [5.74, 6) is 0.887. The Kier molecular flexibility index (Phi) is 7.29. The summed E-state index contributed by atoms with van der Waals surface area (Å²) in [7, 11) is 1.64. The second-order valence-corrected chi connectivity index (χ2v) is 8.08. The monoisotopic (exact) mass is 447 g/mol. The van der Waals surface area contributed by atoms with Gasteiger partial charge in [0.25, 0.3) is 11.8 Å². The molecule has 2 heterocycles. The molecular weight excluding hydrogens is 418 g/mol. The van der Waals surface area contributed by atoms with Crippen molar-refractivity contribution in [2.45, 2.75) is 25.3 Å². The lowest BCUT2D eigenvalue weighted by atomic mass is 10.0. The number of hydrogen-bond acceptors (Lipinski definition) is 5. The molecule has 3 aromatic rings. The summed E-state index contributed by atoms with van der Waals surface area (Å²) in [6, 6.07) is 19.0. The number of methoxy groups -OCH3 is 1. The van der Waals surface area contributed by atoms with Crippen molar-refractivity contribution in [3.05, 3.63) is 83.8 Å². The maximum absolute atomic E-state index is 12.9. The third-order valence-corrected chi connectivity index (χ3v) is 5.92. The maximum Gasteiger partial charge on any atom is 0.287 e. The van der Waals surface area contributed by atoms with Gasteiger partial charge in [0.2, 0.25) is 0 Å². The van der Waals surface area contributed by atoms with Crippen LogP contribution in [0.5, 0.6) is 5.75 Å². The van der Waals surface area contributed by atoms with Gasteiger partial charge in [0, 0.05) is 31.4 Å². The summed E-state index contributed by atoms with van der Waals surface area (Å²) >= 11 is 0. The van der Waals surface area contributed by atoms with E-state index in [1.54, 1.807) is 19.2 Å². The predicted molar refractivity (Wildman–Crippen MR) is 127 cm³/mol. The molecular formula is C26H29N3O4. The fourth-order valence-corrected chi connectivity index (χ4v) is 4.08. The van der Waals surface area contributed by atoms with Gasteiger partial charge in [0.15, 0.2) is 5.76 Å². The van der Waals surface area contributed by atoms with Crippen molar-refractivity contribution < 1.29 is 18.7 Å². The molecule has 2 N–H and O–H groups in total. The standard InChI is InChI=1S/C26H29N3O4/c1-32-21-10-8-19(9-11-21)12-15-27-25(30)22-5-2-3-6-23(22)29-16-13-20(14-17-29)28-26(31)24-7-4-18-33-24/h2-11,18,20H,12-17H2,1H3,(H,27,30)(H,28,31). The molecule has 1 aromatic heterocycles. The van der Waals surface area contributed by atoms with Gasteiger partial charge in [0.05, 0.1) is 18.9 Å². The number of benzene rings is 2. The van der Waals surface area contributed by atoms with E-state index in [0.29, 0.717) is 17.9 Å². The van der Waals surface area contributed by atoms with E-state index in [9.17, 15) is 9.59 Å². The molecule has 0 atom stereocenters. The van der Waals surface area contributed by atoms with E-state index in [1.807, 2.05) is 48.5 Å². The topological polar surface area (TPSA) is 83.8 Å². The maximum atomic E-state index is 12.9. The summed E-state index contributed by atoms with van der Waals surface area (Å²) in [4.78, 5) is 27.4. The summed E-state index contributed by atoms with van der Waals surface area (Å²) in [6.07, 6.45) is 3.86. The fraction of sp³-hybridized carbons (Fsp3) is 0.308. The molecule has 0 bridgehead atoms. The Balaban J connectivity index is 1.30. The van der Waals surface area contributed by atoms with E-state index >= 15 is 0 Å². The number of rotatable bonds is 8. The highest BCUT2D eigenvalue weighted by Crippen LogP contribution is 2.24. The highest BCUT2D eigenvalue weighted by molar-refractivity contribution is 5.99. The third kappa shape index (κ3) is 5.74. The molecule has 33 heavy (non-hydrogen) atoms. The number of carbonyl (C=O) groups is 2. The van der Waals surface area contributed by atoms with E-state index in [-0.39, 0.29) is 17.9 Å². The molecule has 0 aliphatic carbocycles. The zero-order valence-corrected chi connectivity index (χ0v) is 18.8. The van der Waals surface area contributed by atoms with Gasteiger partial charge < -0.3 is 24.7 Å². The van der Waals surface area contributed by atoms with Crippen molar-refractivity contribution in [2.24, 2.45) is 0 Å². The molecule has 7 heteroatoms. The molecule has 1 aliphatic rings. The van der Waals surface area contributed by atoms with Crippen LogP contribution < -0.4 is 20.3 Å². The average molecular weight is 448 g/mol. The van der Waals surface area contributed by atoms with Crippen molar-refractivity contribution in [2.75, 3.05) is 31.6 Å². The Labute approximate surface area is 193 Å². The van der Waals surface area contributed by atoms with E-state index in [1.165, 1.54) is 6.26 Å². The molecule has 0 saturated carbocycles. The predicted octanol–water partition coefficient (Wildman–Crippen LogP) is 3.66. The molecule has 7 nitrogen and oxygen atoms in total. The zero-order chi connectivity index (χ0) is 23.0. The number of anilines is 1. The molecule has 1 saturated heterocycles. The molecule has 2 aromatic carbocycles. The van der Waals surface area contributed by atoms with Crippen molar-refractivity contribution in [3.63, 3.8) is 0 Å². The van der Waals surface area contributed by atoms with Crippen LogP contribution >= 0.6 is 0 Å². The van der Waals surface area contributed by atoms with Crippen LogP contribution in [0, 0.1) is 0 Å². The molecule has 0 spiro atoms. The summed E-state index contributed by atoms with van der Waals surface area (Å²) in [5, 5.41) is 6.08. The van der Waals surface area contributed by atoms with E-state index in [0.717, 1.165) is 49.4 Å². The SMILES string of the molecule is COc1ccc(CCNC(=O)c2ccccc2N2CCC(NC(=O)c3ccco3)CC2)cc1. The summed E-state index contributed by atoms with van der Waals surface area (Å²) < 4.78 is 10.4. The van der Waals surface area contributed by atoms with Crippen LogP contribution in [0.2, 0.25) is 0 Å². The second kappa shape index (κ2) is 10.7. The van der Waals surface area contributed by atoms with Gasteiger partial charge >= 0.3 is 0 Å². The van der Waals surface area contributed by atoms with Gasteiger partial charge in [-0.1, -0.05) is 24.3 Å². The van der Waals surface area contributed by atoms with Crippen LogP contribution in [0.3, 0.4) is 0 Å². The van der Waals surface area contributed by atoms with Gasteiger partial charge in [-0.2, -0.15) is 0 Å². The Morgan fingerprint density at radius 1 is 1.00 bits per heavy atom. The van der Waals surface area contributed by atoms with Crippen LogP contribution in [-0.2, 0) is 6.42 Å². The first kappa shape index (κ1) is 22.5. The normalized spacial score (nSPS) is 14.0. The molecule has 1 aliphatic heterocycles. The van der Waals surface area contributed by atoms with Crippen LogP contribution in [0.15, 0.2) is 71.3 Å². The van der Waals surface area contributed by atoms with Crippen LogP contribution in [0.1, 0.15) is 39.3 Å². The first-order valence-corrected chi connectivity index (χ1v) is 11.2. The lowest BCUT2D eigenvalue weighted by Gasteiger charge is -2.34. The number of hydrogen-bond donors (Lipinski definition) is 2. The Morgan fingerprint density at radius 2 is 1.76 bits per heavy atom.